The SMILES string of the molecule is C[C@@H](NC(=O)COC(=O)c1cccc(CS(C)(=O)=O)c1)c1ccccc1. The van der Waals surface area contributed by atoms with Gasteiger partial charge in [0.15, 0.2) is 16.4 Å². The molecule has 0 radical (unpaired) electrons. The Morgan fingerprint density at radius 3 is 2.42 bits per heavy atom. The van der Waals surface area contributed by atoms with Gasteiger partial charge in [-0.3, -0.25) is 4.79 Å². The maximum Gasteiger partial charge on any atom is 0.338 e. The molecule has 0 fully saturated rings. The third kappa shape index (κ3) is 6.33. The Hall–Kier alpha value is -2.67. The van der Waals surface area contributed by atoms with Crippen LogP contribution in [0.5, 0.6) is 0 Å². The first-order chi connectivity index (χ1) is 12.2. The summed E-state index contributed by atoms with van der Waals surface area (Å²) in [5.74, 6) is -1.26. The second-order valence-electron chi connectivity index (χ2n) is 6.05. The van der Waals surface area contributed by atoms with E-state index in [9.17, 15) is 18.0 Å². The minimum absolute atomic E-state index is 0.163. The largest absolute Gasteiger partial charge is 0.452 e. The van der Waals surface area contributed by atoms with Gasteiger partial charge in [-0.15, -0.1) is 0 Å². The molecule has 0 saturated carbocycles. The van der Waals surface area contributed by atoms with Crippen molar-refractivity contribution in [2.75, 3.05) is 12.9 Å². The Kier molecular flexibility index (Phi) is 6.52. The van der Waals surface area contributed by atoms with Crippen molar-refractivity contribution in [3.63, 3.8) is 0 Å². The van der Waals surface area contributed by atoms with E-state index in [1.54, 1.807) is 12.1 Å². The summed E-state index contributed by atoms with van der Waals surface area (Å²) in [6.07, 6.45) is 1.12. The Morgan fingerprint density at radius 2 is 1.77 bits per heavy atom. The number of nitrogens with one attached hydrogen (secondary N) is 1. The molecule has 0 unspecified atom stereocenters. The second-order valence-corrected chi connectivity index (χ2v) is 8.19. The Morgan fingerprint density at radius 1 is 1.08 bits per heavy atom. The highest BCUT2D eigenvalue weighted by molar-refractivity contribution is 7.89. The van der Waals surface area contributed by atoms with Gasteiger partial charge in [-0.1, -0.05) is 42.5 Å². The summed E-state index contributed by atoms with van der Waals surface area (Å²) in [6.45, 7) is 1.43. The molecule has 2 aromatic rings. The van der Waals surface area contributed by atoms with Gasteiger partial charge in [0.2, 0.25) is 0 Å². The van der Waals surface area contributed by atoms with E-state index in [4.69, 9.17) is 4.74 Å². The molecule has 7 heteroatoms. The molecule has 1 amide bonds. The molecule has 0 heterocycles. The molecule has 2 rings (SSSR count). The number of hydrogen-bond acceptors (Lipinski definition) is 5. The molecule has 1 N–H and O–H groups in total. The van der Waals surface area contributed by atoms with Crippen LogP contribution in [0.25, 0.3) is 0 Å². The summed E-state index contributed by atoms with van der Waals surface area (Å²) in [7, 11) is -3.20. The normalized spacial score (nSPS) is 12.2. The van der Waals surface area contributed by atoms with E-state index in [1.807, 2.05) is 37.3 Å². The van der Waals surface area contributed by atoms with Gasteiger partial charge in [0.1, 0.15) is 0 Å². The number of benzene rings is 2. The van der Waals surface area contributed by atoms with Crippen molar-refractivity contribution in [2.24, 2.45) is 0 Å². The van der Waals surface area contributed by atoms with Crippen molar-refractivity contribution in [2.45, 2.75) is 18.7 Å². The monoisotopic (exact) mass is 375 g/mol. The van der Waals surface area contributed by atoms with Crippen molar-refractivity contribution in [1.82, 2.24) is 5.32 Å². The summed E-state index contributed by atoms with van der Waals surface area (Å²) < 4.78 is 27.7. The molecular formula is C19H21NO5S. The molecule has 1 atom stereocenters. The van der Waals surface area contributed by atoms with Gasteiger partial charge >= 0.3 is 5.97 Å². The number of carbonyl (C=O) groups excluding carboxylic acids is 2. The highest BCUT2D eigenvalue weighted by Crippen LogP contribution is 2.12. The predicted octanol–water partition coefficient (Wildman–Crippen LogP) is 2.27. The Balaban J connectivity index is 1.90. The second kappa shape index (κ2) is 8.62. The van der Waals surface area contributed by atoms with E-state index >= 15 is 0 Å². The van der Waals surface area contributed by atoms with Gasteiger partial charge in [0, 0.05) is 6.26 Å². The lowest BCUT2D eigenvalue weighted by Crippen LogP contribution is -2.31. The molecule has 0 saturated heterocycles. The highest BCUT2D eigenvalue weighted by Gasteiger charge is 2.14. The van der Waals surface area contributed by atoms with E-state index in [2.05, 4.69) is 5.32 Å². The lowest BCUT2D eigenvalue weighted by Gasteiger charge is -2.14. The fraction of sp³-hybridized carbons (Fsp3) is 0.263. The minimum atomic E-state index is -3.20. The van der Waals surface area contributed by atoms with Crippen LogP contribution in [0.1, 0.15) is 34.5 Å². The Labute approximate surface area is 153 Å². The molecule has 2 aromatic carbocycles. The smallest absolute Gasteiger partial charge is 0.338 e. The maximum atomic E-state index is 12.1. The van der Waals surface area contributed by atoms with Crippen LogP contribution in [0.3, 0.4) is 0 Å². The first kappa shape index (κ1) is 19.7. The van der Waals surface area contributed by atoms with Crippen LogP contribution in [0.15, 0.2) is 54.6 Å². The van der Waals surface area contributed by atoms with Crippen LogP contribution < -0.4 is 5.32 Å². The predicted molar refractivity (Wildman–Crippen MR) is 98.3 cm³/mol. The number of esters is 1. The molecule has 0 aliphatic carbocycles. The van der Waals surface area contributed by atoms with E-state index in [0.717, 1.165) is 11.8 Å². The third-order valence-corrected chi connectivity index (χ3v) is 4.46. The zero-order chi connectivity index (χ0) is 19.2. The van der Waals surface area contributed by atoms with Crippen LogP contribution in [0.4, 0.5) is 0 Å². The molecule has 6 nitrogen and oxygen atoms in total. The fourth-order valence-electron chi connectivity index (χ4n) is 2.41. The molecule has 0 aliphatic heterocycles. The molecular weight excluding hydrogens is 354 g/mol. The van der Waals surface area contributed by atoms with Crippen LogP contribution in [0, 0.1) is 0 Å². The summed E-state index contributed by atoms with van der Waals surface area (Å²) in [6, 6.07) is 15.4. The maximum absolute atomic E-state index is 12.1. The zero-order valence-corrected chi connectivity index (χ0v) is 15.5. The number of sulfone groups is 1. The van der Waals surface area contributed by atoms with Gasteiger partial charge in [-0.2, -0.15) is 0 Å². The number of carbonyl (C=O) groups is 2. The van der Waals surface area contributed by atoms with Gasteiger partial charge in [0.05, 0.1) is 17.4 Å². The van der Waals surface area contributed by atoms with Crippen molar-refractivity contribution < 1.29 is 22.7 Å². The van der Waals surface area contributed by atoms with E-state index in [1.165, 1.54) is 12.1 Å². The van der Waals surface area contributed by atoms with Crippen molar-refractivity contribution in [3.8, 4) is 0 Å². The van der Waals surface area contributed by atoms with Crippen LogP contribution in [-0.4, -0.2) is 33.2 Å². The van der Waals surface area contributed by atoms with Crippen molar-refractivity contribution in [1.29, 1.82) is 0 Å². The average Bonchev–Trinajstić information content (AvgIpc) is 2.59. The van der Waals surface area contributed by atoms with Crippen molar-refractivity contribution >= 4 is 21.7 Å². The molecule has 138 valence electrons. The minimum Gasteiger partial charge on any atom is -0.452 e. The number of ether oxygens (including phenoxy) is 1. The lowest BCUT2D eigenvalue weighted by molar-refractivity contribution is -0.124. The summed E-state index contributed by atoms with van der Waals surface area (Å²) in [4.78, 5) is 24.0. The van der Waals surface area contributed by atoms with Crippen LogP contribution >= 0.6 is 0 Å². The number of rotatable bonds is 7. The lowest BCUT2D eigenvalue weighted by atomic mass is 10.1. The van der Waals surface area contributed by atoms with Gasteiger partial charge in [0.25, 0.3) is 5.91 Å². The number of hydrogen-bond donors (Lipinski definition) is 1. The highest BCUT2D eigenvalue weighted by atomic mass is 32.2. The quantitative estimate of drug-likeness (QED) is 0.750. The first-order valence-corrected chi connectivity index (χ1v) is 10.1. The summed E-state index contributed by atoms with van der Waals surface area (Å²) >= 11 is 0. The molecule has 0 aliphatic rings. The standard InChI is InChI=1S/C19H21NO5S/c1-14(16-8-4-3-5-9-16)20-18(21)12-25-19(22)17-10-6-7-15(11-17)13-26(2,23)24/h3-11,14H,12-13H2,1-2H3,(H,20,21)/t14-/m1/s1. The van der Waals surface area contributed by atoms with Gasteiger partial charge < -0.3 is 10.1 Å². The zero-order valence-electron chi connectivity index (χ0n) is 14.6. The first-order valence-electron chi connectivity index (χ1n) is 8.03. The average molecular weight is 375 g/mol. The fourth-order valence-corrected chi connectivity index (χ4v) is 3.20. The number of amides is 1. The van der Waals surface area contributed by atoms with E-state index in [0.29, 0.717) is 5.56 Å². The molecule has 26 heavy (non-hydrogen) atoms. The van der Waals surface area contributed by atoms with E-state index in [-0.39, 0.29) is 17.4 Å². The Bertz CT molecular complexity index is 878. The third-order valence-electron chi connectivity index (χ3n) is 3.60. The topological polar surface area (TPSA) is 89.5 Å². The summed E-state index contributed by atoms with van der Waals surface area (Å²) in [5.41, 5.74) is 1.64. The van der Waals surface area contributed by atoms with Gasteiger partial charge in [-0.25, -0.2) is 13.2 Å². The van der Waals surface area contributed by atoms with Crippen LogP contribution in [0.2, 0.25) is 0 Å². The van der Waals surface area contributed by atoms with Crippen LogP contribution in [-0.2, 0) is 25.1 Å². The van der Waals surface area contributed by atoms with Gasteiger partial charge in [-0.05, 0) is 30.2 Å². The molecule has 0 spiro atoms. The molecule has 0 aromatic heterocycles. The van der Waals surface area contributed by atoms with Crippen molar-refractivity contribution in [3.05, 3.63) is 71.3 Å². The molecule has 0 bridgehead atoms. The van der Waals surface area contributed by atoms with E-state index < -0.39 is 28.3 Å². The summed E-state index contributed by atoms with van der Waals surface area (Å²) in [5, 5.41) is 2.75.